The first kappa shape index (κ1) is 18.6. The molecule has 0 spiro atoms. The first-order valence-corrected chi connectivity index (χ1v) is 6.31. The minimum absolute atomic E-state index is 0.0556. The Morgan fingerprint density at radius 1 is 1.14 bits per heavy atom. The fourth-order valence-electron chi connectivity index (χ4n) is 1.28. The number of aromatic nitrogens is 2. The third kappa shape index (κ3) is 7.09. The molecule has 0 bridgehead atoms. The molecule has 2 rings (SSSR count). The summed E-state index contributed by atoms with van der Waals surface area (Å²) in [5.74, 6) is -0.354. The van der Waals surface area contributed by atoms with Gasteiger partial charge in [0.05, 0.1) is 18.8 Å². The lowest BCUT2D eigenvalue weighted by atomic mass is 10.3. The number of ketones is 1. The molecule has 21 heavy (non-hydrogen) atoms. The molecule has 0 atom stereocenters. The largest absolute Gasteiger partial charge is 0.461 e. The van der Waals surface area contributed by atoms with Crippen LogP contribution in [-0.2, 0) is 4.74 Å². The smallest absolute Gasteiger partial charge is 0.354 e. The van der Waals surface area contributed by atoms with Gasteiger partial charge in [0.25, 0.3) is 0 Å². The second kappa shape index (κ2) is 11.4. The molecular weight excluding hydrogens is 274 g/mol. The molecule has 7 nitrogen and oxygen atoms in total. The van der Waals surface area contributed by atoms with E-state index in [0.717, 1.165) is 7.11 Å². The first-order chi connectivity index (χ1) is 10.2. The van der Waals surface area contributed by atoms with Crippen LogP contribution in [0.1, 0.15) is 27.9 Å². The van der Waals surface area contributed by atoms with Gasteiger partial charge in [-0.3, -0.25) is 4.79 Å². The number of carbonyl (C=O) groups is 2. The number of aromatic amines is 2. The van der Waals surface area contributed by atoms with E-state index < -0.39 is 0 Å². The van der Waals surface area contributed by atoms with E-state index in [-0.39, 0.29) is 18.3 Å². The number of nitrogens with one attached hydrogen (secondary N) is 2. The van der Waals surface area contributed by atoms with Gasteiger partial charge in [-0.05, 0) is 31.2 Å². The number of nitrogens with two attached hydrogens (primary N) is 1. The molecule has 116 valence electrons. The standard InChI is InChI=1S/C7H9NO2.C6H8N2O.CH4O/c1-2-10-7(9)6-4-3-5-8-6;7-4-6(9)5-2-1-3-8-5;1-2/h3-5,8H,2H2,1H3;1-3,8H,4,7H2;2H,1H3. The topological polar surface area (TPSA) is 121 Å². The van der Waals surface area contributed by atoms with Crippen molar-refractivity contribution in [1.29, 1.82) is 0 Å². The minimum Gasteiger partial charge on any atom is -0.461 e. The van der Waals surface area contributed by atoms with E-state index in [1.807, 2.05) is 0 Å². The van der Waals surface area contributed by atoms with E-state index in [0.29, 0.717) is 18.0 Å². The molecule has 0 radical (unpaired) electrons. The van der Waals surface area contributed by atoms with Gasteiger partial charge in [-0.25, -0.2) is 4.79 Å². The first-order valence-electron chi connectivity index (χ1n) is 6.31. The molecule has 0 aromatic carbocycles. The number of H-pyrrole nitrogens is 2. The SMILES string of the molecule is CCOC(=O)c1ccc[nH]1.CO.NCC(=O)c1ccc[nH]1. The van der Waals surface area contributed by atoms with Gasteiger partial charge in [0.15, 0.2) is 5.78 Å². The summed E-state index contributed by atoms with van der Waals surface area (Å²) >= 11 is 0. The van der Waals surface area contributed by atoms with Gasteiger partial charge in [-0.2, -0.15) is 0 Å². The van der Waals surface area contributed by atoms with Gasteiger partial charge in [0.1, 0.15) is 5.69 Å². The van der Waals surface area contributed by atoms with Gasteiger partial charge in [-0.15, -0.1) is 0 Å². The number of hydrogen-bond acceptors (Lipinski definition) is 5. The van der Waals surface area contributed by atoms with Crippen LogP contribution in [0, 0.1) is 0 Å². The lowest BCUT2D eigenvalue weighted by molar-refractivity contribution is 0.0520. The van der Waals surface area contributed by atoms with Crippen LogP contribution in [0.2, 0.25) is 0 Å². The summed E-state index contributed by atoms with van der Waals surface area (Å²) in [5, 5.41) is 7.00. The van der Waals surface area contributed by atoms with E-state index >= 15 is 0 Å². The van der Waals surface area contributed by atoms with Crippen LogP contribution in [0.3, 0.4) is 0 Å². The minimum atomic E-state index is -0.299. The summed E-state index contributed by atoms with van der Waals surface area (Å²) in [6, 6.07) is 6.91. The summed E-state index contributed by atoms with van der Waals surface area (Å²) in [6.07, 6.45) is 3.38. The molecule has 2 aromatic rings. The molecule has 0 fully saturated rings. The van der Waals surface area contributed by atoms with E-state index in [1.165, 1.54) is 0 Å². The molecule has 0 amide bonds. The van der Waals surface area contributed by atoms with Crippen molar-refractivity contribution in [2.24, 2.45) is 5.73 Å². The number of Topliss-reactive ketones (excluding diaryl/α,β-unsaturated/α-hetero) is 1. The summed E-state index contributed by atoms with van der Waals surface area (Å²) in [7, 11) is 1.00. The monoisotopic (exact) mass is 295 g/mol. The zero-order valence-corrected chi connectivity index (χ0v) is 12.1. The van der Waals surface area contributed by atoms with Crippen LogP contribution >= 0.6 is 0 Å². The van der Waals surface area contributed by atoms with Crippen molar-refractivity contribution in [1.82, 2.24) is 9.97 Å². The number of rotatable bonds is 4. The molecule has 0 aliphatic carbocycles. The van der Waals surface area contributed by atoms with Crippen molar-refractivity contribution in [3.05, 3.63) is 48.0 Å². The zero-order valence-electron chi connectivity index (χ0n) is 12.1. The van der Waals surface area contributed by atoms with Crippen LogP contribution in [0.15, 0.2) is 36.7 Å². The maximum Gasteiger partial charge on any atom is 0.354 e. The predicted molar refractivity (Wildman–Crippen MR) is 79.1 cm³/mol. The molecule has 5 N–H and O–H groups in total. The lowest BCUT2D eigenvalue weighted by Crippen LogP contribution is -2.13. The number of aliphatic hydroxyl groups excluding tert-OH is 1. The van der Waals surface area contributed by atoms with E-state index in [2.05, 4.69) is 9.97 Å². The Kier molecular flexibility index (Phi) is 10.1. The Morgan fingerprint density at radius 3 is 2.05 bits per heavy atom. The second-order valence-electron chi connectivity index (χ2n) is 3.52. The van der Waals surface area contributed by atoms with Crippen molar-refractivity contribution in [2.45, 2.75) is 6.92 Å². The highest BCUT2D eigenvalue weighted by Gasteiger charge is 2.04. The van der Waals surface area contributed by atoms with E-state index in [4.69, 9.17) is 15.6 Å². The quantitative estimate of drug-likeness (QED) is 0.494. The van der Waals surface area contributed by atoms with Crippen molar-refractivity contribution >= 4 is 11.8 Å². The molecule has 7 heteroatoms. The molecule has 2 heterocycles. The lowest BCUT2D eigenvalue weighted by Gasteiger charge is -1.96. The average Bonchev–Trinajstić information content (AvgIpc) is 3.22. The third-order valence-electron chi connectivity index (χ3n) is 2.18. The Bertz CT molecular complexity index is 492. The van der Waals surface area contributed by atoms with Crippen molar-refractivity contribution in [3.8, 4) is 0 Å². The average molecular weight is 295 g/mol. The Hall–Kier alpha value is -2.38. The van der Waals surface area contributed by atoms with E-state index in [9.17, 15) is 9.59 Å². The molecule has 0 saturated heterocycles. The van der Waals surface area contributed by atoms with Gasteiger partial charge >= 0.3 is 5.97 Å². The van der Waals surface area contributed by atoms with Crippen molar-refractivity contribution in [2.75, 3.05) is 20.3 Å². The highest BCUT2D eigenvalue weighted by atomic mass is 16.5. The van der Waals surface area contributed by atoms with Crippen LogP contribution in [0.4, 0.5) is 0 Å². The number of ether oxygens (including phenoxy) is 1. The maximum atomic E-state index is 10.9. The van der Waals surface area contributed by atoms with E-state index in [1.54, 1.807) is 43.6 Å². The van der Waals surface area contributed by atoms with Crippen molar-refractivity contribution in [3.63, 3.8) is 0 Å². The third-order valence-corrected chi connectivity index (χ3v) is 2.18. The van der Waals surface area contributed by atoms with Crippen molar-refractivity contribution < 1.29 is 19.4 Å². The van der Waals surface area contributed by atoms with Gasteiger partial charge < -0.3 is 25.5 Å². The number of esters is 1. The Morgan fingerprint density at radius 2 is 1.67 bits per heavy atom. The number of hydrogen-bond donors (Lipinski definition) is 4. The van der Waals surface area contributed by atoms with Crippen LogP contribution in [0.25, 0.3) is 0 Å². The molecule has 2 aromatic heterocycles. The van der Waals surface area contributed by atoms with Gasteiger partial charge in [0.2, 0.25) is 0 Å². The van der Waals surface area contributed by atoms with Gasteiger partial charge in [0, 0.05) is 19.5 Å². The highest BCUT2D eigenvalue weighted by molar-refractivity contribution is 5.95. The summed E-state index contributed by atoms with van der Waals surface area (Å²) in [6.45, 7) is 2.26. The van der Waals surface area contributed by atoms with Gasteiger partial charge in [-0.1, -0.05) is 0 Å². The fraction of sp³-hybridized carbons (Fsp3) is 0.286. The van der Waals surface area contributed by atoms with Crippen LogP contribution < -0.4 is 5.73 Å². The Balaban J connectivity index is 0.000000342. The predicted octanol–water partition coefficient (Wildman–Crippen LogP) is 0.956. The molecule has 0 aliphatic rings. The maximum absolute atomic E-state index is 10.9. The summed E-state index contributed by atoms with van der Waals surface area (Å²) < 4.78 is 4.72. The number of carbonyl (C=O) groups excluding carboxylic acids is 2. The second-order valence-corrected chi connectivity index (χ2v) is 3.52. The molecule has 0 saturated carbocycles. The molecular formula is C14H21N3O4. The van der Waals surface area contributed by atoms with Crippen LogP contribution in [-0.4, -0.2) is 47.1 Å². The summed E-state index contributed by atoms with van der Waals surface area (Å²) in [5.41, 5.74) is 6.18. The fourth-order valence-corrected chi connectivity index (χ4v) is 1.28. The zero-order chi connectivity index (χ0) is 16.1. The summed E-state index contributed by atoms with van der Waals surface area (Å²) in [4.78, 5) is 27.1. The normalized spacial score (nSPS) is 8.76. The van der Waals surface area contributed by atoms with Crippen LogP contribution in [0.5, 0.6) is 0 Å². The molecule has 0 aliphatic heterocycles. The number of aliphatic hydroxyl groups is 1. The Labute approximate surface area is 123 Å². The highest BCUT2D eigenvalue weighted by Crippen LogP contribution is 1.96. The molecule has 0 unspecified atom stereocenters.